The quantitative estimate of drug-likeness (QED) is 0.705. The van der Waals surface area contributed by atoms with E-state index in [0.29, 0.717) is 6.54 Å². The number of aliphatic hydroxyl groups excluding tert-OH is 2. The lowest BCUT2D eigenvalue weighted by Gasteiger charge is -2.40. The van der Waals surface area contributed by atoms with Gasteiger partial charge in [0.15, 0.2) is 0 Å². The van der Waals surface area contributed by atoms with Crippen molar-refractivity contribution in [2.75, 3.05) is 6.54 Å². The molecule has 1 aromatic carbocycles. The maximum atomic E-state index is 10.2. The first kappa shape index (κ1) is 11.2. The minimum absolute atomic E-state index is 0.0918. The van der Waals surface area contributed by atoms with Crippen LogP contribution in [0.3, 0.4) is 0 Å². The number of hydrogen-bond acceptors (Lipinski definition) is 3. The molecule has 3 nitrogen and oxygen atoms in total. The predicted octanol–water partition coefficient (Wildman–Crippen LogP) is 0.703. The van der Waals surface area contributed by atoms with Crippen LogP contribution in [-0.2, 0) is 6.42 Å². The van der Waals surface area contributed by atoms with Gasteiger partial charge >= 0.3 is 0 Å². The molecule has 1 saturated carbocycles. The fraction of sp³-hybridized carbons (Fsp3) is 0.571. The van der Waals surface area contributed by atoms with Gasteiger partial charge in [-0.1, -0.05) is 30.3 Å². The Balaban J connectivity index is 1.79. The van der Waals surface area contributed by atoms with Crippen molar-refractivity contribution in [2.24, 2.45) is 5.92 Å². The number of aliphatic hydroxyl groups is 2. The summed E-state index contributed by atoms with van der Waals surface area (Å²) in [5.74, 6) is 0.133. The first-order chi connectivity index (χ1) is 8.21. The van der Waals surface area contributed by atoms with Gasteiger partial charge in [0.2, 0.25) is 0 Å². The third-order valence-corrected chi connectivity index (χ3v) is 4.27. The van der Waals surface area contributed by atoms with Crippen LogP contribution in [-0.4, -0.2) is 34.5 Å². The van der Waals surface area contributed by atoms with E-state index in [9.17, 15) is 10.2 Å². The molecule has 1 spiro atoms. The summed E-state index contributed by atoms with van der Waals surface area (Å²) in [6.45, 7) is 0.520. The average molecular weight is 233 g/mol. The molecule has 0 bridgehead atoms. The summed E-state index contributed by atoms with van der Waals surface area (Å²) in [5, 5.41) is 23.4. The first-order valence-corrected chi connectivity index (χ1v) is 6.36. The van der Waals surface area contributed by atoms with Crippen LogP contribution in [0.2, 0.25) is 0 Å². The summed E-state index contributed by atoms with van der Waals surface area (Å²) in [4.78, 5) is 0. The zero-order chi connectivity index (χ0) is 11.9. The fourth-order valence-electron chi connectivity index (χ4n) is 3.02. The van der Waals surface area contributed by atoms with Gasteiger partial charge in [0.1, 0.15) is 0 Å². The van der Waals surface area contributed by atoms with Crippen LogP contribution in [0.5, 0.6) is 0 Å². The molecular formula is C14H19NO2. The monoisotopic (exact) mass is 233 g/mol. The van der Waals surface area contributed by atoms with Crippen molar-refractivity contribution in [3.63, 3.8) is 0 Å². The molecule has 0 aromatic heterocycles. The van der Waals surface area contributed by atoms with Crippen molar-refractivity contribution in [2.45, 2.75) is 37.0 Å². The van der Waals surface area contributed by atoms with Crippen molar-refractivity contribution in [3.05, 3.63) is 35.9 Å². The van der Waals surface area contributed by atoms with Gasteiger partial charge in [0.25, 0.3) is 0 Å². The maximum Gasteiger partial charge on any atom is 0.0926 e. The van der Waals surface area contributed by atoms with Gasteiger partial charge in [0, 0.05) is 18.0 Å². The summed E-state index contributed by atoms with van der Waals surface area (Å²) >= 11 is 0. The van der Waals surface area contributed by atoms with Crippen LogP contribution in [0, 0.1) is 5.92 Å². The molecule has 2 fully saturated rings. The molecule has 3 rings (SSSR count). The maximum absolute atomic E-state index is 10.2. The van der Waals surface area contributed by atoms with Gasteiger partial charge in [-0.05, 0) is 24.8 Å². The van der Waals surface area contributed by atoms with Crippen LogP contribution in [0.15, 0.2) is 30.3 Å². The molecule has 1 aliphatic carbocycles. The highest BCUT2D eigenvalue weighted by atomic mass is 16.3. The molecule has 1 saturated heterocycles. The molecular weight excluding hydrogens is 214 g/mol. The standard InChI is InChI=1S/C14H19NO2/c16-12-9-15-14(6-7-14)11(13(12)17)8-10-4-2-1-3-5-10/h1-5,11-13,15-17H,6-9H2/t11-,12-,13-/m1/s1. The Bertz CT molecular complexity index is 388. The van der Waals surface area contributed by atoms with E-state index in [1.165, 1.54) is 5.56 Å². The molecule has 92 valence electrons. The van der Waals surface area contributed by atoms with Crippen molar-refractivity contribution >= 4 is 0 Å². The molecule has 0 amide bonds. The van der Waals surface area contributed by atoms with Crippen molar-refractivity contribution in [1.29, 1.82) is 0 Å². The van der Waals surface area contributed by atoms with Crippen LogP contribution >= 0.6 is 0 Å². The van der Waals surface area contributed by atoms with E-state index in [1.807, 2.05) is 18.2 Å². The van der Waals surface area contributed by atoms with Crippen LogP contribution in [0.1, 0.15) is 18.4 Å². The first-order valence-electron chi connectivity index (χ1n) is 6.36. The normalized spacial score (nSPS) is 34.8. The highest BCUT2D eigenvalue weighted by Crippen LogP contribution is 2.47. The number of piperidine rings is 1. The predicted molar refractivity (Wildman–Crippen MR) is 65.6 cm³/mol. The van der Waals surface area contributed by atoms with Crippen molar-refractivity contribution < 1.29 is 10.2 Å². The summed E-state index contributed by atoms with van der Waals surface area (Å²) < 4.78 is 0. The highest BCUT2D eigenvalue weighted by molar-refractivity contribution is 5.21. The van der Waals surface area contributed by atoms with E-state index in [0.717, 1.165) is 19.3 Å². The molecule has 1 aliphatic heterocycles. The molecule has 1 heterocycles. The molecule has 17 heavy (non-hydrogen) atoms. The second-order valence-electron chi connectivity index (χ2n) is 5.39. The lowest BCUT2D eigenvalue weighted by Crippen LogP contribution is -2.58. The largest absolute Gasteiger partial charge is 0.390 e. The van der Waals surface area contributed by atoms with Gasteiger partial charge < -0.3 is 15.5 Å². The number of β-amino-alcohol motifs (C(OH)–C–C–N with tert-alkyl or cyclic N) is 1. The summed E-state index contributed by atoms with van der Waals surface area (Å²) in [5.41, 5.74) is 1.33. The summed E-state index contributed by atoms with van der Waals surface area (Å²) in [6, 6.07) is 10.2. The number of hydrogen-bond donors (Lipinski definition) is 3. The SMILES string of the molecule is O[C@H]1[C@H](O)CNC2(CC2)[C@@H]1Cc1ccccc1. The Hall–Kier alpha value is -0.900. The Morgan fingerprint density at radius 3 is 2.53 bits per heavy atom. The molecule has 3 atom stereocenters. The van der Waals surface area contributed by atoms with Crippen LogP contribution in [0.4, 0.5) is 0 Å². The molecule has 1 aromatic rings. The van der Waals surface area contributed by atoms with E-state index >= 15 is 0 Å². The van der Waals surface area contributed by atoms with Crippen molar-refractivity contribution in [3.8, 4) is 0 Å². The lowest BCUT2D eigenvalue weighted by atomic mass is 9.80. The number of benzene rings is 1. The lowest BCUT2D eigenvalue weighted by molar-refractivity contribution is -0.0569. The molecule has 0 unspecified atom stereocenters. The Morgan fingerprint density at radius 1 is 1.18 bits per heavy atom. The van der Waals surface area contributed by atoms with Gasteiger partial charge in [-0.15, -0.1) is 0 Å². The van der Waals surface area contributed by atoms with E-state index in [-0.39, 0.29) is 11.5 Å². The molecule has 0 radical (unpaired) electrons. The summed E-state index contributed by atoms with van der Waals surface area (Å²) in [7, 11) is 0. The third kappa shape index (κ3) is 1.99. The minimum atomic E-state index is -0.630. The fourth-order valence-corrected chi connectivity index (χ4v) is 3.02. The Kier molecular flexibility index (Phi) is 2.69. The van der Waals surface area contributed by atoms with Crippen LogP contribution < -0.4 is 5.32 Å². The summed E-state index contributed by atoms with van der Waals surface area (Å²) in [6.07, 6.45) is 1.85. The van der Waals surface area contributed by atoms with E-state index in [2.05, 4.69) is 17.4 Å². The van der Waals surface area contributed by atoms with Gasteiger partial charge in [-0.3, -0.25) is 0 Å². The van der Waals surface area contributed by atoms with E-state index in [1.54, 1.807) is 0 Å². The van der Waals surface area contributed by atoms with E-state index < -0.39 is 12.2 Å². The molecule has 3 heteroatoms. The number of nitrogens with one attached hydrogen (secondary N) is 1. The third-order valence-electron chi connectivity index (χ3n) is 4.27. The van der Waals surface area contributed by atoms with Gasteiger partial charge in [0.05, 0.1) is 12.2 Å². The Morgan fingerprint density at radius 2 is 1.88 bits per heavy atom. The molecule has 2 aliphatic rings. The van der Waals surface area contributed by atoms with Gasteiger partial charge in [-0.25, -0.2) is 0 Å². The second-order valence-corrected chi connectivity index (χ2v) is 5.39. The molecule has 3 N–H and O–H groups in total. The zero-order valence-electron chi connectivity index (χ0n) is 9.84. The van der Waals surface area contributed by atoms with Gasteiger partial charge in [-0.2, -0.15) is 0 Å². The topological polar surface area (TPSA) is 52.5 Å². The number of rotatable bonds is 2. The smallest absolute Gasteiger partial charge is 0.0926 e. The zero-order valence-corrected chi connectivity index (χ0v) is 9.84. The van der Waals surface area contributed by atoms with Crippen molar-refractivity contribution in [1.82, 2.24) is 5.32 Å². The highest BCUT2D eigenvalue weighted by Gasteiger charge is 2.55. The van der Waals surface area contributed by atoms with E-state index in [4.69, 9.17) is 0 Å². The second kappa shape index (κ2) is 4.09. The Labute approximate surface area is 101 Å². The van der Waals surface area contributed by atoms with Crippen LogP contribution in [0.25, 0.3) is 0 Å². The minimum Gasteiger partial charge on any atom is -0.390 e. The average Bonchev–Trinajstić information content (AvgIpc) is 3.13.